The fraction of sp³-hybridized carbons (Fsp3) is 0.222. The smallest absolute Gasteiger partial charge is 0.161 e. The van der Waals surface area contributed by atoms with Gasteiger partial charge in [0.25, 0.3) is 0 Å². The van der Waals surface area contributed by atoms with Crippen molar-refractivity contribution in [2.24, 2.45) is 0 Å². The molecule has 0 aliphatic heterocycles. The Kier molecular flexibility index (Phi) is 2.87. The maximum Gasteiger partial charge on any atom is 0.161 e. The van der Waals surface area contributed by atoms with Crippen LogP contribution in [0.3, 0.4) is 0 Å². The highest BCUT2D eigenvalue weighted by molar-refractivity contribution is 9.08. The fourth-order valence-electron chi connectivity index (χ4n) is 0.991. The molecule has 3 heteroatoms. The molecule has 1 rings (SSSR count). The molecule has 0 unspecified atom stereocenters. The average molecular weight is 228 g/mol. The lowest BCUT2D eigenvalue weighted by Crippen LogP contribution is -2.00. The molecular formula is C9H10BrNO. The summed E-state index contributed by atoms with van der Waals surface area (Å²) in [6.45, 7) is 1.52. The SMILES string of the molecule is CC(=O)c1cc(CBr)ccc1N. The summed E-state index contributed by atoms with van der Waals surface area (Å²) < 4.78 is 0. The van der Waals surface area contributed by atoms with E-state index in [2.05, 4.69) is 15.9 Å². The summed E-state index contributed by atoms with van der Waals surface area (Å²) in [6.07, 6.45) is 0. The van der Waals surface area contributed by atoms with E-state index < -0.39 is 0 Å². The Bertz CT molecular complexity index is 309. The number of rotatable bonds is 2. The Hall–Kier alpha value is -0.830. The molecule has 0 bridgehead atoms. The third-order valence-corrected chi connectivity index (χ3v) is 2.30. The van der Waals surface area contributed by atoms with Gasteiger partial charge in [0.1, 0.15) is 0 Å². The molecular weight excluding hydrogens is 218 g/mol. The minimum atomic E-state index is 0.00954. The zero-order valence-corrected chi connectivity index (χ0v) is 8.39. The summed E-state index contributed by atoms with van der Waals surface area (Å²) in [5.41, 5.74) is 7.83. The van der Waals surface area contributed by atoms with Crippen molar-refractivity contribution < 1.29 is 4.79 Å². The molecule has 0 amide bonds. The Morgan fingerprint density at radius 3 is 2.75 bits per heavy atom. The topological polar surface area (TPSA) is 43.1 Å². The van der Waals surface area contributed by atoms with Gasteiger partial charge in [0.05, 0.1) is 0 Å². The highest BCUT2D eigenvalue weighted by Crippen LogP contribution is 2.16. The maximum absolute atomic E-state index is 11.0. The summed E-state index contributed by atoms with van der Waals surface area (Å²) in [5.74, 6) is 0.00954. The van der Waals surface area contributed by atoms with Crippen LogP contribution in [0.2, 0.25) is 0 Å². The summed E-state index contributed by atoms with van der Waals surface area (Å²) in [7, 11) is 0. The van der Waals surface area contributed by atoms with Gasteiger partial charge in [0, 0.05) is 16.6 Å². The van der Waals surface area contributed by atoms with Crippen LogP contribution in [0.1, 0.15) is 22.8 Å². The molecule has 0 heterocycles. The Morgan fingerprint density at radius 1 is 1.58 bits per heavy atom. The lowest BCUT2D eigenvalue weighted by Gasteiger charge is -2.02. The molecule has 0 fully saturated rings. The number of Topliss-reactive ketones (excluding diaryl/α,β-unsaturated/α-hetero) is 1. The Balaban J connectivity index is 3.17. The van der Waals surface area contributed by atoms with E-state index >= 15 is 0 Å². The number of anilines is 1. The maximum atomic E-state index is 11.0. The van der Waals surface area contributed by atoms with Crippen LogP contribution in [0.5, 0.6) is 0 Å². The van der Waals surface area contributed by atoms with Crippen molar-refractivity contribution in [3.8, 4) is 0 Å². The largest absolute Gasteiger partial charge is 0.398 e. The van der Waals surface area contributed by atoms with E-state index in [4.69, 9.17) is 5.73 Å². The van der Waals surface area contributed by atoms with E-state index in [1.807, 2.05) is 12.1 Å². The first kappa shape index (κ1) is 9.26. The first-order valence-corrected chi connectivity index (χ1v) is 4.72. The third-order valence-electron chi connectivity index (χ3n) is 1.65. The van der Waals surface area contributed by atoms with Gasteiger partial charge in [-0.2, -0.15) is 0 Å². The van der Waals surface area contributed by atoms with Gasteiger partial charge in [-0.15, -0.1) is 0 Å². The van der Waals surface area contributed by atoms with Crippen molar-refractivity contribution in [2.45, 2.75) is 12.3 Å². The molecule has 0 saturated heterocycles. The van der Waals surface area contributed by atoms with Gasteiger partial charge in [0.15, 0.2) is 5.78 Å². The minimum Gasteiger partial charge on any atom is -0.398 e. The number of halogens is 1. The molecule has 0 spiro atoms. The molecule has 0 atom stereocenters. The van der Waals surface area contributed by atoms with Crippen LogP contribution in [0.25, 0.3) is 0 Å². The van der Waals surface area contributed by atoms with E-state index in [-0.39, 0.29) is 5.78 Å². The second-order valence-electron chi connectivity index (χ2n) is 2.61. The van der Waals surface area contributed by atoms with Gasteiger partial charge in [-0.05, 0) is 24.6 Å². The minimum absolute atomic E-state index is 0.00954. The van der Waals surface area contributed by atoms with E-state index in [9.17, 15) is 4.79 Å². The molecule has 64 valence electrons. The van der Waals surface area contributed by atoms with Crippen LogP contribution in [0, 0.1) is 0 Å². The number of benzene rings is 1. The van der Waals surface area contributed by atoms with Crippen molar-refractivity contribution in [1.82, 2.24) is 0 Å². The second kappa shape index (κ2) is 3.72. The molecule has 2 nitrogen and oxygen atoms in total. The monoisotopic (exact) mass is 227 g/mol. The van der Waals surface area contributed by atoms with Crippen molar-refractivity contribution >= 4 is 27.4 Å². The lowest BCUT2D eigenvalue weighted by molar-refractivity contribution is 0.101. The summed E-state index contributed by atoms with van der Waals surface area (Å²) in [6, 6.07) is 5.47. The van der Waals surface area contributed by atoms with Gasteiger partial charge >= 0.3 is 0 Å². The van der Waals surface area contributed by atoms with Gasteiger partial charge < -0.3 is 5.73 Å². The van der Waals surface area contributed by atoms with E-state index in [1.165, 1.54) is 6.92 Å². The van der Waals surface area contributed by atoms with Crippen molar-refractivity contribution in [2.75, 3.05) is 5.73 Å². The number of hydrogen-bond acceptors (Lipinski definition) is 2. The van der Waals surface area contributed by atoms with Crippen LogP contribution in [0.4, 0.5) is 5.69 Å². The van der Waals surface area contributed by atoms with E-state index in [0.29, 0.717) is 11.3 Å². The molecule has 0 aromatic heterocycles. The first-order chi connectivity index (χ1) is 5.65. The predicted molar refractivity (Wildman–Crippen MR) is 53.5 cm³/mol. The Morgan fingerprint density at radius 2 is 2.25 bits per heavy atom. The van der Waals surface area contributed by atoms with Gasteiger partial charge in [-0.1, -0.05) is 22.0 Å². The standard InChI is InChI=1S/C9H10BrNO/c1-6(12)8-4-7(5-10)2-3-9(8)11/h2-4H,5,11H2,1H3. The number of ketones is 1. The number of carbonyl (C=O) groups is 1. The van der Waals surface area contributed by atoms with E-state index in [1.54, 1.807) is 6.07 Å². The third kappa shape index (κ3) is 1.85. The summed E-state index contributed by atoms with van der Waals surface area (Å²) in [5, 5.41) is 0.744. The lowest BCUT2D eigenvalue weighted by atomic mass is 10.1. The molecule has 2 N–H and O–H groups in total. The first-order valence-electron chi connectivity index (χ1n) is 3.60. The predicted octanol–water partition coefficient (Wildman–Crippen LogP) is 2.37. The van der Waals surface area contributed by atoms with Crippen LogP contribution >= 0.6 is 15.9 Å². The average Bonchev–Trinajstić information content (AvgIpc) is 2.05. The molecule has 1 aromatic rings. The van der Waals surface area contributed by atoms with Crippen LogP contribution < -0.4 is 5.73 Å². The summed E-state index contributed by atoms with van der Waals surface area (Å²) in [4.78, 5) is 11.0. The van der Waals surface area contributed by atoms with Crippen molar-refractivity contribution in [1.29, 1.82) is 0 Å². The molecule has 0 saturated carbocycles. The molecule has 12 heavy (non-hydrogen) atoms. The van der Waals surface area contributed by atoms with Crippen LogP contribution in [-0.2, 0) is 5.33 Å². The fourth-order valence-corrected chi connectivity index (χ4v) is 1.34. The molecule has 0 aliphatic carbocycles. The van der Waals surface area contributed by atoms with Crippen molar-refractivity contribution in [3.63, 3.8) is 0 Å². The molecule has 1 aromatic carbocycles. The highest BCUT2D eigenvalue weighted by Gasteiger charge is 2.04. The number of alkyl halides is 1. The summed E-state index contributed by atoms with van der Waals surface area (Å²) >= 11 is 3.31. The molecule has 0 aliphatic rings. The number of carbonyl (C=O) groups excluding carboxylic acids is 1. The zero-order valence-electron chi connectivity index (χ0n) is 6.80. The van der Waals surface area contributed by atoms with Gasteiger partial charge in [-0.3, -0.25) is 4.79 Å². The van der Waals surface area contributed by atoms with Gasteiger partial charge in [0.2, 0.25) is 0 Å². The van der Waals surface area contributed by atoms with E-state index in [0.717, 1.165) is 10.9 Å². The quantitative estimate of drug-likeness (QED) is 0.479. The van der Waals surface area contributed by atoms with Crippen molar-refractivity contribution in [3.05, 3.63) is 29.3 Å². The highest BCUT2D eigenvalue weighted by atomic mass is 79.9. The van der Waals surface area contributed by atoms with Gasteiger partial charge in [-0.25, -0.2) is 0 Å². The molecule has 0 radical (unpaired) electrons. The number of hydrogen-bond donors (Lipinski definition) is 1. The van der Waals surface area contributed by atoms with Crippen LogP contribution in [-0.4, -0.2) is 5.78 Å². The Labute approximate surface area is 79.9 Å². The zero-order chi connectivity index (χ0) is 9.14. The second-order valence-corrected chi connectivity index (χ2v) is 3.17. The number of nitrogen functional groups attached to an aromatic ring is 1. The number of nitrogens with two attached hydrogens (primary N) is 1. The van der Waals surface area contributed by atoms with Crippen LogP contribution in [0.15, 0.2) is 18.2 Å². The normalized spacial score (nSPS) is 9.83.